The summed E-state index contributed by atoms with van der Waals surface area (Å²) in [5.41, 5.74) is 11.0. The smallest absolute Gasteiger partial charge is 0.0711 e. The first kappa shape index (κ1) is 14.3. The van der Waals surface area contributed by atoms with Crippen LogP contribution >= 0.6 is 38.6 Å². The van der Waals surface area contributed by atoms with E-state index in [1.807, 2.05) is 22.7 Å². The van der Waals surface area contributed by atoms with Gasteiger partial charge in [0, 0.05) is 32.0 Å². The average Bonchev–Trinajstić information content (AvgIpc) is 3.35. The van der Waals surface area contributed by atoms with Crippen molar-refractivity contribution < 1.29 is 0 Å². The molecule has 0 fully saturated rings. The van der Waals surface area contributed by atoms with Crippen molar-refractivity contribution >= 4 is 49.7 Å². The fourth-order valence-electron chi connectivity index (χ4n) is 4.07. The predicted octanol–water partition coefficient (Wildman–Crippen LogP) is 7.54. The zero-order valence-electron chi connectivity index (χ0n) is 13.0. The molecule has 2 heterocycles. The largest absolute Gasteiger partial charge is 0.143 e. The first-order valence-corrected chi connectivity index (χ1v) is 10.6. The van der Waals surface area contributed by atoms with Crippen LogP contribution in [0, 0.1) is 0 Å². The molecule has 0 radical (unpaired) electrons. The number of hydrogen-bond donors (Lipinski definition) is 0. The highest BCUT2D eigenvalue weighted by Crippen LogP contribution is 2.57. The van der Waals surface area contributed by atoms with E-state index in [1.165, 1.54) is 58.1 Å². The summed E-state index contributed by atoms with van der Waals surface area (Å²) in [6.07, 6.45) is 0. The lowest BCUT2D eigenvalue weighted by molar-refractivity contribution is 1.63. The Hall–Kier alpha value is -1.94. The highest BCUT2D eigenvalue weighted by molar-refractivity contribution is 9.11. The Labute approximate surface area is 162 Å². The second kappa shape index (κ2) is 5.04. The molecule has 0 N–H and O–H groups in total. The lowest BCUT2D eigenvalue weighted by Gasteiger charge is -2.09. The summed E-state index contributed by atoms with van der Waals surface area (Å²) in [7, 11) is 0. The van der Waals surface area contributed by atoms with Gasteiger partial charge in [0.2, 0.25) is 0 Å². The summed E-state index contributed by atoms with van der Waals surface area (Å²) < 4.78 is 1.20. The average molecular weight is 419 g/mol. The Bertz CT molecular complexity index is 1210. The van der Waals surface area contributed by atoms with E-state index < -0.39 is 0 Å². The van der Waals surface area contributed by atoms with Crippen molar-refractivity contribution in [3.8, 4) is 22.3 Å². The Kier molecular flexibility index (Phi) is 2.87. The van der Waals surface area contributed by atoms with Crippen molar-refractivity contribution in [1.82, 2.24) is 0 Å². The molecular formula is C22H11BrS2. The van der Waals surface area contributed by atoms with Crippen LogP contribution in [0.1, 0.15) is 20.9 Å². The molecule has 0 spiro atoms. The third-order valence-electron chi connectivity index (χ3n) is 5.04. The number of thiophene rings is 2. The fourth-order valence-corrected chi connectivity index (χ4v) is 6.73. The van der Waals surface area contributed by atoms with Crippen molar-refractivity contribution in [3.63, 3.8) is 0 Å². The molecule has 0 atom stereocenters. The molecule has 4 aromatic rings. The van der Waals surface area contributed by atoms with Gasteiger partial charge in [-0.2, -0.15) is 0 Å². The van der Waals surface area contributed by atoms with Crippen LogP contribution in [0.5, 0.6) is 0 Å². The summed E-state index contributed by atoms with van der Waals surface area (Å²) >= 11 is 7.40. The standard InChI is InChI=1S/C22H11BrS2/c23-18-11-17-13-6-2-4-8-15(13)20(22(17)25-18)19-14-7-3-1-5-12(14)16-9-10-24-21(16)19/h1-11H/b20-19+. The molecule has 2 aliphatic carbocycles. The van der Waals surface area contributed by atoms with Gasteiger partial charge in [-0.05, 0) is 55.7 Å². The molecule has 2 aromatic heterocycles. The summed E-state index contributed by atoms with van der Waals surface area (Å²) in [6, 6.07) is 22.2. The van der Waals surface area contributed by atoms with Crippen molar-refractivity contribution in [1.29, 1.82) is 0 Å². The Morgan fingerprint density at radius 2 is 1.20 bits per heavy atom. The number of rotatable bonds is 0. The van der Waals surface area contributed by atoms with Crippen molar-refractivity contribution in [3.05, 3.63) is 90.7 Å². The van der Waals surface area contributed by atoms with Crippen LogP contribution in [0.2, 0.25) is 0 Å². The summed E-state index contributed by atoms with van der Waals surface area (Å²) in [4.78, 5) is 2.79. The van der Waals surface area contributed by atoms with Gasteiger partial charge in [0.15, 0.2) is 0 Å². The fraction of sp³-hybridized carbons (Fsp3) is 0. The molecule has 0 aliphatic heterocycles. The highest BCUT2D eigenvalue weighted by atomic mass is 79.9. The van der Waals surface area contributed by atoms with Crippen LogP contribution in [0.4, 0.5) is 0 Å². The zero-order chi connectivity index (χ0) is 16.5. The minimum Gasteiger partial charge on any atom is -0.143 e. The van der Waals surface area contributed by atoms with Gasteiger partial charge in [0.1, 0.15) is 0 Å². The molecule has 0 saturated carbocycles. The molecule has 0 nitrogen and oxygen atoms in total. The van der Waals surface area contributed by atoms with Crippen LogP contribution in [0.3, 0.4) is 0 Å². The SMILES string of the molecule is Brc1cc2c(s1)/C(=C1\c3ccccc3-c3ccsc31)c1ccccc1-2. The van der Waals surface area contributed by atoms with E-state index in [4.69, 9.17) is 0 Å². The monoisotopic (exact) mass is 418 g/mol. The van der Waals surface area contributed by atoms with E-state index >= 15 is 0 Å². The van der Waals surface area contributed by atoms with Gasteiger partial charge in [0.05, 0.1) is 3.79 Å². The molecule has 0 bridgehead atoms. The van der Waals surface area contributed by atoms with Crippen LogP contribution in [-0.2, 0) is 0 Å². The van der Waals surface area contributed by atoms with Crippen molar-refractivity contribution in [2.45, 2.75) is 0 Å². The maximum Gasteiger partial charge on any atom is 0.0711 e. The number of benzene rings is 2. The van der Waals surface area contributed by atoms with Crippen molar-refractivity contribution in [2.75, 3.05) is 0 Å². The normalized spacial score (nSPS) is 16.5. The van der Waals surface area contributed by atoms with E-state index in [2.05, 4.69) is 82.0 Å². The molecule has 0 amide bonds. The van der Waals surface area contributed by atoms with Crippen LogP contribution in [0.15, 0.2) is 69.8 Å². The topological polar surface area (TPSA) is 0 Å². The zero-order valence-corrected chi connectivity index (χ0v) is 16.3. The maximum absolute atomic E-state index is 3.70. The summed E-state index contributed by atoms with van der Waals surface area (Å²) in [5.74, 6) is 0. The molecular weight excluding hydrogens is 408 g/mol. The van der Waals surface area contributed by atoms with Gasteiger partial charge in [-0.15, -0.1) is 22.7 Å². The Balaban J connectivity index is 1.81. The third-order valence-corrected chi connectivity index (χ3v) is 7.63. The summed E-state index contributed by atoms with van der Waals surface area (Å²) in [5, 5.41) is 2.22. The lowest BCUT2D eigenvalue weighted by atomic mass is 9.97. The van der Waals surface area contributed by atoms with Crippen LogP contribution in [0.25, 0.3) is 33.4 Å². The van der Waals surface area contributed by atoms with Crippen molar-refractivity contribution in [2.24, 2.45) is 0 Å². The molecule has 2 aliphatic rings. The quantitative estimate of drug-likeness (QED) is 0.239. The molecule has 25 heavy (non-hydrogen) atoms. The van der Waals surface area contributed by atoms with Gasteiger partial charge < -0.3 is 0 Å². The lowest BCUT2D eigenvalue weighted by Crippen LogP contribution is -1.88. The van der Waals surface area contributed by atoms with Gasteiger partial charge in [-0.3, -0.25) is 0 Å². The Morgan fingerprint density at radius 1 is 0.600 bits per heavy atom. The Morgan fingerprint density at radius 3 is 1.92 bits per heavy atom. The van der Waals surface area contributed by atoms with E-state index in [0.717, 1.165) is 0 Å². The minimum atomic E-state index is 1.20. The molecule has 118 valence electrons. The number of halogens is 1. The molecule has 6 rings (SSSR count). The van der Waals surface area contributed by atoms with Gasteiger partial charge in [0.25, 0.3) is 0 Å². The molecule has 0 saturated heterocycles. The molecule has 2 aromatic carbocycles. The highest BCUT2D eigenvalue weighted by Gasteiger charge is 2.34. The van der Waals surface area contributed by atoms with E-state index in [-0.39, 0.29) is 0 Å². The second-order valence-corrected chi connectivity index (χ2v) is 9.65. The molecule has 0 unspecified atom stereocenters. The predicted molar refractivity (Wildman–Crippen MR) is 112 cm³/mol. The van der Waals surface area contributed by atoms with E-state index in [9.17, 15) is 0 Å². The number of hydrogen-bond acceptors (Lipinski definition) is 2. The first-order valence-electron chi connectivity index (χ1n) is 8.14. The maximum atomic E-state index is 3.70. The first-order chi connectivity index (χ1) is 12.3. The second-order valence-electron chi connectivity index (χ2n) is 6.30. The van der Waals surface area contributed by atoms with E-state index in [0.29, 0.717) is 0 Å². The third kappa shape index (κ3) is 1.81. The summed E-state index contributed by atoms with van der Waals surface area (Å²) in [6.45, 7) is 0. The van der Waals surface area contributed by atoms with Gasteiger partial charge in [-0.25, -0.2) is 0 Å². The van der Waals surface area contributed by atoms with Gasteiger partial charge in [-0.1, -0.05) is 48.5 Å². The molecule has 3 heteroatoms. The van der Waals surface area contributed by atoms with Crippen LogP contribution in [-0.4, -0.2) is 0 Å². The van der Waals surface area contributed by atoms with Crippen LogP contribution < -0.4 is 0 Å². The minimum absolute atomic E-state index is 1.20. The number of fused-ring (bicyclic) bond motifs is 6. The van der Waals surface area contributed by atoms with Gasteiger partial charge >= 0.3 is 0 Å². The van der Waals surface area contributed by atoms with E-state index in [1.54, 1.807) is 0 Å².